The van der Waals surface area contributed by atoms with Crippen LogP contribution in [0.2, 0.25) is 5.02 Å². The van der Waals surface area contributed by atoms with Crippen molar-refractivity contribution in [1.82, 2.24) is 16.0 Å². The summed E-state index contributed by atoms with van der Waals surface area (Å²) in [7, 11) is 0. The minimum absolute atomic E-state index is 0.0128. The Bertz CT molecular complexity index is 882. The summed E-state index contributed by atoms with van der Waals surface area (Å²) in [6.07, 6.45) is 4.01. The summed E-state index contributed by atoms with van der Waals surface area (Å²) in [5.74, 6) is -0.152. The fourth-order valence-electron chi connectivity index (χ4n) is 5.50. The normalized spacial score (nSPS) is 33.4. The van der Waals surface area contributed by atoms with Gasteiger partial charge in [0.05, 0.1) is 16.5 Å². The third kappa shape index (κ3) is 5.28. The lowest BCUT2D eigenvalue weighted by Gasteiger charge is -2.55. The van der Waals surface area contributed by atoms with Gasteiger partial charge < -0.3 is 25.8 Å². The molecule has 1 aliphatic heterocycles. The third-order valence-corrected chi connectivity index (χ3v) is 8.02. The van der Waals surface area contributed by atoms with E-state index in [2.05, 4.69) is 22.9 Å². The van der Waals surface area contributed by atoms with Gasteiger partial charge in [-0.25, -0.2) is 4.39 Å². The van der Waals surface area contributed by atoms with E-state index in [1.165, 1.54) is 12.1 Å². The van der Waals surface area contributed by atoms with E-state index in [4.69, 9.17) is 16.3 Å². The van der Waals surface area contributed by atoms with Gasteiger partial charge in [-0.1, -0.05) is 18.5 Å². The first kappa shape index (κ1) is 24.2. The first-order chi connectivity index (χ1) is 15.7. The van der Waals surface area contributed by atoms with Crippen molar-refractivity contribution in [3.8, 4) is 5.75 Å². The molecule has 3 saturated carbocycles. The van der Waals surface area contributed by atoms with Crippen LogP contribution in [0.3, 0.4) is 0 Å². The monoisotopic (exact) mass is 481 g/mol. The number of aliphatic hydroxyl groups is 1. The number of hydrogen-bond acceptors (Lipinski definition) is 5. The largest absolute Gasteiger partial charge is 0.484 e. The Balaban J connectivity index is 1.28. The van der Waals surface area contributed by atoms with Crippen LogP contribution in [-0.4, -0.2) is 54.3 Å². The van der Waals surface area contributed by atoms with Crippen LogP contribution < -0.4 is 20.7 Å². The molecule has 5 rings (SSSR count). The lowest BCUT2D eigenvalue weighted by molar-refractivity contribution is -0.156. The van der Waals surface area contributed by atoms with Gasteiger partial charge in [0, 0.05) is 24.2 Å². The van der Waals surface area contributed by atoms with Crippen LogP contribution in [0.25, 0.3) is 0 Å². The number of nitrogens with one attached hydrogen (secondary N) is 3. The summed E-state index contributed by atoms with van der Waals surface area (Å²) < 4.78 is 18.9. The zero-order valence-corrected chi connectivity index (χ0v) is 19.7. The number of amides is 2. The van der Waals surface area contributed by atoms with E-state index in [1.807, 2.05) is 0 Å². The maximum absolute atomic E-state index is 13.5. The molecule has 2 bridgehead atoms. The predicted octanol–water partition coefficient (Wildman–Crippen LogP) is 2.54. The molecule has 3 unspecified atom stereocenters. The fraction of sp³-hybridized carbons (Fsp3) is 0.667. The first-order valence-corrected chi connectivity index (χ1v) is 12.2. The molecular formula is C24H33ClFN3O4. The number of benzene rings is 1. The minimum Gasteiger partial charge on any atom is -0.484 e. The zero-order chi connectivity index (χ0) is 23.6. The van der Waals surface area contributed by atoms with Crippen molar-refractivity contribution in [3.05, 3.63) is 29.0 Å². The number of aliphatic hydroxyl groups excluding tert-OH is 1. The second-order valence-corrected chi connectivity index (χ2v) is 10.5. The van der Waals surface area contributed by atoms with Gasteiger partial charge in [-0.2, -0.15) is 0 Å². The van der Waals surface area contributed by atoms with Crippen molar-refractivity contribution in [1.29, 1.82) is 0 Å². The Hall–Kier alpha value is -1.90. The Morgan fingerprint density at radius 2 is 2.03 bits per heavy atom. The predicted molar refractivity (Wildman–Crippen MR) is 123 cm³/mol. The highest BCUT2D eigenvalue weighted by atomic mass is 35.5. The lowest BCUT2D eigenvalue weighted by Crippen LogP contribution is -2.66. The number of ether oxygens (including phenoxy) is 1. The van der Waals surface area contributed by atoms with Crippen molar-refractivity contribution >= 4 is 23.4 Å². The number of fused-ring (bicyclic) bond motifs is 3. The number of piperidine rings is 1. The topological polar surface area (TPSA) is 99.7 Å². The minimum atomic E-state index is -0.814. The zero-order valence-electron chi connectivity index (χ0n) is 19.0. The van der Waals surface area contributed by atoms with Gasteiger partial charge >= 0.3 is 0 Å². The van der Waals surface area contributed by atoms with Crippen molar-refractivity contribution < 1.29 is 23.8 Å². The summed E-state index contributed by atoms with van der Waals surface area (Å²) >= 11 is 5.66. The summed E-state index contributed by atoms with van der Waals surface area (Å²) in [4.78, 5) is 25.6. The first-order valence-electron chi connectivity index (χ1n) is 11.8. The maximum atomic E-state index is 13.5. The van der Waals surface area contributed by atoms with E-state index < -0.39 is 22.9 Å². The molecule has 7 nitrogen and oxygen atoms in total. The molecule has 1 heterocycles. The number of carbonyl (C=O) groups excluding carboxylic acids is 2. The quantitative estimate of drug-likeness (QED) is 0.479. The highest BCUT2D eigenvalue weighted by Gasteiger charge is 2.58. The molecule has 1 saturated heterocycles. The van der Waals surface area contributed by atoms with Crippen LogP contribution in [0.5, 0.6) is 5.75 Å². The molecule has 4 fully saturated rings. The van der Waals surface area contributed by atoms with Gasteiger partial charge in [0.25, 0.3) is 5.91 Å². The van der Waals surface area contributed by atoms with Crippen LogP contribution in [0.1, 0.15) is 51.9 Å². The number of carbonyl (C=O) groups is 2. The number of hydrogen-bond donors (Lipinski definition) is 4. The molecule has 4 N–H and O–H groups in total. The average Bonchev–Trinajstić information content (AvgIpc) is 2.80. The van der Waals surface area contributed by atoms with Crippen LogP contribution >= 0.6 is 11.6 Å². The number of rotatable bonds is 7. The Morgan fingerprint density at radius 1 is 1.27 bits per heavy atom. The molecule has 182 valence electrons. The molecule has 0 aromatic heterocycles. The number of halogens is 2. The van der Waals surface area contributed by atoms with Crippen molar-refractivity contribution in [3.63, 3.8) is 0 Å². The molecule has 1 aromatic carbocycles. The smallest absolute Gasteiger partial charge is 0.258 e. The van der Waals surface area contributed by atoms with E-state index in [0.29, 0.717) is 44.6 Å². The van der Waals surface area contributed by atoms with Crippen molar-refractivity contribution in [2.24, 2.45) is 11.3 Å². The molecule has 3 atom stereocenters. The Morgan fingerprint density at radius 3 is 2.67 bits per heavy atom. The van der Waals surface area contributed by atoms with E-state index in [-0.39, 0.29) is 35.2 Å². The molecule has 0 radical (unpaired) electrons. The maximum Gasteiger partial charge on any atom is 0.258 e. The van der Waals surface area contributed by atoms with Gasteiger partial charge in [-0.05, 0) is 69.5 Å². The average molecular weight is 482 g/mol. The molecule has 0 spiro atoms. The van der Waals surface area contributed by atoms with Gasteiger partial charge in [-0.15, -0.1) is 0 Å². The molecular weight excluding hydrogens is 449 g/mol. The van der Waals surface area contributed by atoms with E-state index in [1.54, 1.807) is 0 Å². The highest BCUT2D eigenvalue weighted by molar-refractivity contribution is 6.30. The highest BCUT2D eigenvalue weighted by Crippen LogP contribution is 2.52. The molecule has 9 heteroatoms. The summed E-state index contributed by atoms with van der Waals surface area (Å²) in [5.41, 5.74) is -1.33. The van der Waals surface area contributed by atoms with E-state index >= 15 is 0 Å². The van der Waals surface area contributed by atoms with Crippen LogP contribution in [0.15, 0.2) is 18.2 Å². The summed E-state index contributed by atoms with van der Waals surface area (Å²) in [5, 5.41) is 20.5. The van der Waals surface area contributed by atoms with Gasteiger partial charge in [0.1, 0.15) is 11.6 Å². The van der Waals surface area contributed by atoms with Crippen LogP contribution in [0.4, 0.5) is 4.39 Å². The molecule has 33 heavy (non-hydrogen) atoms. The Kier molecular flexibility index (Phi) is 7.17. The molecule has 2 amide bonds. The van der Waals surface area contributed by atoms with Crippen molar-refractivity contribution in [2.45, 2.75) is 69.6 Å². The van der Waals surface area contributed by atoms with Gasteiger partial charge in [0.15, 0.2) is 6.61 Å². The Labute approximate surface area is 198 Å². The van der Waals surface area contributed by atoms with Crippen LogP contribution in [-0.2, 0) is 9.59 Å². The van der Waals surface area contributed by atoms with Gasteiger partial charge in [0.2, 0.25) is 5.91 Å². The van der Waals surface area contributed by atoms with E-state index in [0.717, 1.165) is 25.5 Å². The molecule has 4 aliphatic rings. The van der Waals surface area contributed by atoms with E-state index in [9.17, 15) is 19.1 Å². The van der Waals surface area contributed by atoms with Gasteiger partial charge in [-0.3, -0.25) is 9.59 Å². The summed E-state index contributed by atoms with van der Waals surface area (Å²) in [6, 6.07) is 4.28. The molecule has 1 aromatic rings. The second-order valence-electron chi connectivity index (χ2n) is 10.1. The lowest BCUT2D eigenvalue weighted by atomic mass is 9.55. The standard InChI is InChI=1S/C24H33ClFN3O4/c1-15-2-3-16(27-12-15)13-28-22(32)24-8-6-23(7-9-24,11-20(24)30)29-21(31)14-33-17-4-5-18(25)19(26)10-17/h4-5,10,15-16,20,27,30H,2-3,6-9,11-14H2,1H3,(H,28,32)(H,29,31). The molecule has 3 aliphatic carbocycles. The summed E-state index contributed by atoms with van der Waals surface area (Å²) in [6.45, 7) is 3.49. The van der Waals surface area contributed by atoms with Crippen LogP contribution in [0, 0.1) is 17.2 Å². The van der Waals surface area contributed by atoms with Crippen molar-refractivity contribution in [2.75, 3.05) is 19.7 Å². The second kappa shape index (κ2) is 9.76. The third-order valence-electron chi connectivity index (χ3n) is 7.71. The SMILES string of the molecule is CC1CCC(CNC(=O)C23CCC(NC(=O)COc4ccc(Cl)c(F)c4)(CC2)CC3O)NC1. The fourth-order valence-corrected chi connectivity index (χ4v) is 5.62.